The van der Waals surface area contributed by atoms with E-state index in [4.69, 9.17) is 0 Å². The molecule has 0 spiro atoms. The third-order valence-corrected chi connectivity index (χ3v) is 1.58. The molecular weight excluding hydrogens is 203 g/mol. The molecule has 0 aliphatic heterocycles. The first kappa shape index (κ1) is 10.7. The average molecular weight is 208 g/mol. The topological polar surface area (TPSA) is 0 Å². The minimum Gasteiger partial charge on any atom is -0.203 e. The van der Waals surface area contributed by atoms with Gasteiger partial charge in [-0.05, 0) is 6.92 Å². The van der Waals surface area contributed by atoms with Crippen LogP contribution in [-0.4, -0.2) is 0 Å². The number of rotatable bonds is 1. The van der Waals surface area contributed by atoms with E-state index >= 15 is 0 Å². The van der Waals surface area contributed by atoms with Gasteiger partial charge >= 0.3 is 0 Å². The van der Waals surface area contributed by atoms with Crippen LogP contribution in [0.15, 0.2) is 6.08 Å². The zero-order valence-corrected chi connectivity index (χ0v) is 7.04. The average Bonchev–Trinajstić information content (AvgIpc) is 2.19. The summed E-state index contributed by atoms with van der Waals surface area (Å²) in [6.45, 7) is 1.40. The Labute approximate surface area is 76.7 Å². The summed E-state index contributed by atoms with van der Waals surface area (Å²) in [7, 11) is 0. The lowest BCUT2D eigenvalue weighted by atomic mass is 10.1. The highest BCUT2D eigenvalue weighted by atomic mass is 19.2. The van der Waals surface area contributed by atoms with Crippen LogP contribution in [-0.2, 0) is 0 Å². The van der Waals surface area contributed by atoms with Gasteiger partial charge in [-0.25, -0.2) is 22.0 Å². The number of benzene rings is 1. The smallest absolute Gasteiger partial charge is 0.200 e. The van der Waals surface area contributed by atoms with Gasteiger partial charge in [-0.2, -0.15) is 0 Å². The largest absolute Gasteiger partial charge is 0.203 e. The van der Waals surface area contributed by atoms with Gasteiger partial charge in [0.1, 0.15) is 0 Å². The van der Waals surface area contributed by atoms with Gasteiger partial charge in [-0.3, -0.25) is 0 Å². The molecule has 0 nitrogen and oxygen atoms in total. The first-order valence-electron chi connectivity index (χ1n) is 3.64. The molecule has 0 aromatic heterocycles. The van der Waals surface area contributed by atoms with Crippen molar-refractivity contribution in [2.75, 3.05) is 0 Å². The number of halogens is 5. The molecule has 0 bridgehead atoms. The van der Waals surface area contributed by atoms with Gasteiger partial charge in [0.2, 0.25) is 5.82 Å². The van der Waals surface area contributed by atoms with Crippen LogP contribution in [0, 0.1) is 29.1 Å². The Morgan fingerprint density at radius 1 is 0.714 bits per heavy atom. The third-order valence-electron chi connectivity index (χ3n) is 1.58. The van der Waals surface area contributed by atoms with Gasteiger partial charge in [0, 0.05) is 0 Å². The van der Waals surface area contributed by atoms with Gasteiger partial charge in [0.05, 0.1) is 5.56 Å². The lowest BCUT2D eigenvalue weighted by molar-refractivity contribution is 0.377. The number of hydrogen-bond donors (Lipinski definition) is 0. The van der Waals surface area contributed by atoms with Crippen molar-refractivity contribution in [3.05, 3.63) is 40.7 Å². The summed E-state index contributed by atoms with van der Waals surface area (Å²) >= 11 is 0. The Kier molecular flexibility index (Phi) is 2.88. The van der Waals surface area contributed by atoms with E-state index in [0.717, 1.165) is 6.08 Å². The van der Waals surface area contributed by atoms with Gasteiger partial charge < -0.3 is 0 Å². The minimum absolute atomic E-state index is 0.816. The zero-order chi connectivity index (χ0) is 10.9. The van der Waals surface area contributed by atoms with Gasteiger partial charge in [0.25, 0.3) is 0 Å². The standard InChI is InChI=1S/C9H5F5/c1-2-3-4-5(10)7(12)9(14)8(13)6(4)11/h2-3H,1H3. The Morgan fingerprint density at radius 3 is 1.43 bits per heavy atom. The minimum atomic E-state index is -2.15. The van der Waals surface area contributed by atoms with E-state index in [1.165, 1.54) is 13.0 Å². The molecule has 0 aliphatic carbocycles. The maximum atomic E-state index is 12.8. The van der Waals surface area contributed by atoms with E-state index in [0.29, 0.717) is 0 Å². The third kappa shape index (κ3) is 1.49. The molecule has 0 amide bonds. The van der Waals surface area contributed by atoms with Crippen LogP contribution in [0.1, 0.15) is 12.5 Å². The van der Waals surface area contributed by atoms with E-state index in [-0.39, 0.29) is 0 Å². The van der Waals surface area contributed by atoms with Crippen molar-refractivity contribution in [2.45, 2.75) is 6.92 Å². The Bertz CT molecular complexity index is 366. The first-order chi connectivity index (χ1) is 6.50. The molecule has 0 atom stereocenters. The molecule has 0 N–H and O–H groups in total. The Balaban J connectivity index is 3.59. The SMILES string of the molecule is CC=Cc1c(F)c(F)c(F)c(F)c1F. The second-order valence-corrected chi connectivity index (χ2v) is 2.48. The molecule has 76 valence electrons. The number of hydrogen-bond acceptors (Lipinski definition) is 0. The molecule has 0 heterocycles. The van der Waals surface area contributed by atoms with Crippen LogP contribution in [0.4, 0.5) is 22.0 Å². The van der Waals surface area contributed by atoms with Crippen molar-refractivity contribution >= 4 is 6.08 Å². The molecule has 0 saturated heterocycles. The molecule has 0 unspecified atom stereocenters. The maximum Gasteiger partial charge on any atom is 0.200 e. The van der Waals surface area contributed by atoms with Crippen LogP contribution >= 0.6 is 0 Å². The maximum absolute atomic E-state index is 12.8. The predicted molar refractivity (Wildman–Crippen MR) is 40.9 cm³/mol. The van der Waals surface area contributed by atoms with E-state index in [2.05, 4.69) is 0 Å². The first-order valence-corrected chi connectivity index (χ1v) is 3.64. The fourth-order valence-corrected chi connectivity index (χ4v) is 0.935. The van der Waals surface area contributed by atoms with Crippen molar-refractivity contribution in [2.24, 2.45) is 0 Å². The molecule has 0 aliphatic rings. The van der Waals surface area contributed by atoms with Crippen LogP contribution in [0.2, 0.25) is 0 Å². The van der Waals surface area contributed by atoms with E-state index < -0.39 is 34.6 Å². The van der Waals surface area contributed by atoms with Gasteiger partial charge in [-0.1, -0.05) is 12.2 Å². The highest BCUT2D eigenvalue weighted by Crippen LogP contribution is 2.23. The fourth-order valence-electron chi connectivity index (χ4n) is 0.935. The molecule has 1 aromatic rings. The van der Waals surface area contributed by atoms with Crippen LogP contribution in [0.3, 0.4) is 0 Å². The summed E-state index contributed by atoms with van der Waals surface area (Å²) in [6.07, 6.45) is 1.99. The van der Waals surface area contributed by atoms with Gasteiger partial charge in [0.15, 0.2) is 23.3 Å². The van der Waals surface area contributed by atoms with Crippen molar-refractivity contribution in [3.8, 4) is 0 Å². The lowest BCUT2D eigenvalue weighted by Crippen LogP contribution is -2.03. The van der Waals surface area contributed by atoms with Crippen molar-refractivity contribution in [1.82, 2.24) is 0 Å². The summed E-state index contributed by atoms with van der Waals surface area (Å²) in [5, 5.41) is 0. The fraction of sp³-hybridized carbons (Fsp3) is 0.111. The molecule has 1 rings (SSSR count). The molecule has 1 aromatic carbocycles. The lowest BCUT2D eigenvalue weighted by Gasteiger charge is -2.03. The van der Waals surface area contributed by atoms with Crippen LogP contribution in [0.5, 0.6) is 0 Å². The van der Waals surface area contributed by atoms with Crippen LogP contribution in [0.25, 0.3) is 6.08 Å². The van der Waals surface area contributed by atoms with E-state index in [1.807, 2.05) is 0 Å². The summed E-state index contributed by atoms with van der Waals surface area (Å²) in [5.74, 6) is -9.65. The van der Waals surface area contributed by atoms with E-state index in [9.17, 15) is 22.0 Å². The van der Waals surface area contributed by atoms with Gasteiger partial charge in [-0.15, -0.1) is 0 Å². The van der Waals surface area contributed by atoms with Crippen molar-refractivity contribution < 1.29 is 22.0 Å². The van der Waals surface area contributed by atoms with E-state index in [1.54, 1.807) is 0 Å². The highest BCUT2D eigenvalue weighted by Gasteiger charge is 2.23. The van der Waals surface area contributed by atoms with Crippen LogP contribution < -0.4 is 0 Å². The Morgan fingerprint density at radius 2 is 1.07 bits per heavy atom. The molecule has 0 saturated carbocycles. The number of allylic oxidation sites excluding steroid dienone is 1. The quantitative estimate of drug-likeness (QED) is 0.377. The summed E-state index contributed by atoms with van der Waals surface area (Å²) in [6, 6.07) is 0. The molecular formula is C9H5F5. The second kappa shape index (κ2) is 3.77. The molecule has 0 radical (unpaired) electrons. The normalized spacial score (nSPS) is 11.3. The summed E-state index contributed by atoms with van der Waals surface area (Å²) in [5.41, 5.74) is -0.927. The molecule has 14 heavy (non-hydrogen) atoms. The summed E-state index contributed by atoms with van der Waals surface area (Å²) in [4.78, 5) is 0. The highest BCUT2D eigenvalue weighted by molar-refractivity contribution is 5.51. The zero-order valence-electron chi connectivity index (χ0n) is 7.04. The van der Waals surface area contributed by atoms with Crippen molar-refractivity contribution in [1.29, 1.82) is 0 Å². The Hall–Kier alpha value is -1.39. The molecule has 5 heteroatoms. The predicted octanol–water partition coefficient (Wildman–Crippen LogP) is 3.42. The summed E-state index contributed by atoms with van der Waals surface area (Å²) < 4.78 is 63.2. The second-order valence-electron chi connectivity index (χ2n) is 2.48. The van der Waals surface area contributed by atoms with Crippen molar-refractivity contribution in [3.63, 3.8) is 0 Å². The molecule has 0 fully saturated rings. The monoisotopic (exact) mass is 208 g/mol.